The van der Waals surface area contributed by atoms with E-state index in [9.17, 15) is 4.79 Å². The van der Waals surface area contributed by atoms with Gasteiger partial charge in [-0.15, -0.1) is 0 Å². The van der Waals surface area contributed by atoms with Gasteiger partial charge in [0.25, 0.3) is 0 Å². The molecule has 80 valence electrons. The number of hydrogen-bond donors (Lipinski definition) is 0. The molecule has 0 bridgehead atoms. The van der Waals surface area contributed by atoms with Gasteiger partial charge in [0.2, 0.25) is 0 Å². The Bertz CT molecular complexity index is 374. The molecule has 0 atom stereocenters. The first-order valence-electron chi connectivity index (χ1n) is 4.59. The van der Waals surface area contributed by atoms with Crippen molar-refractivity contribution in [3.63, 3.8) is 0 Å². The van der Waals surface area contributed by atoms with Gasteiger partial charge in [-0.1, -0.05) is 12.1 Å². The first kappa shape index (κ1) is 11.7. The van der Waals surface area contributed by atoms with Crippen LogP contribution >= 0.6 is 12.2 Å². The zero-order valence-corrected chi connectivity index (χ0v) is 9.47. The highest BCUT2D eigenvalue weighted by atomic mass is 32.1. The van der Waals surface area contributed by atoms with Gasteiger partial charge < -0.3 is 9.47 Å². The second-order valence-electron chi connectivity index (χ2n) is 2.81. The number of para-hydroxylation sites is 1. The number of esters is 1. The molecular weight excluding hydrogens is 212 g/mol. The SMILES string of the molecule is CCOC(=O)c1ccccc1OC(C)=S. The Morgan fingerprint density at radius 3 is 2.67 bits per heavy atom. The van der Waals surface area contributed by atoms with E-state index in [1.807, 2.05) is 0 Å². The summed E-state index contributed by atoms with van der Waals surface area (Å²) in [7, 11) is 0. The van der Waals surface area contributed by atoms with Crippen molar-refractivity contribution in [3.05, 3.63) is 29.8 Å². The topological polar surface area (TPSA) is 35.5 Å². The van der Waals surface area contributed by atoms with Crippen LogP contribution in [0.1, 0.15) is 24.2 Å². The Kier molecular flexibility index (Phi) is 4.24. The molecule has 1 aromatic rings. The fourth-order valence-corrected chi connectivity index (χ4v) is 1.18. The smallest absolute Gasteiger partial charge is 0.341 e. The lowest BCUT2D eigenvalue weighted by atomic mass is 10.2. The Morgan fingerprint density at radius 2 is 2.07 bits per heavy atom. The van der Waals surface area contributed by atoms with E-state index >= 15 is 0 Å². The first-order valence-corrected chi connectivity index (χ1v) is 5.00. The van der Waals surface area contributed by atoms with E-state index in [0.29, 0.717) is 23.0 Å². The monoisotopic (exact) mass is 224 g/mol. The van der Waals surface area contributed by atoms with E-state index in [0.717, 1.165) is 0 Å². The Morgan fingerprint density at radius 1 is 1.40 bits per heavy atom. The summed E-state index contributed by atoms with van der Waals surface area (Å²) in [6.07, 6.45) is 0. The third-order valence-corrected chi connectivity index (χ3v) is 1.72. The van der Waals surface area contributed by atoms with Crippen LogP contribution in [0.15, 0.2) is 24.3 Å². The zero-order valence-electron chi connectivity index (χ0n) is 8.65. The number of carbonyl (C=O) groups excluding carboxylic acids is 1. The maximum absolute atomic E-state index is 11.5. The second kappa shape index (κ2) is 5.46. The van der Waals surface area contributed by atoms with E-state index in [-0.39, 0.29) is 0 Å². The summed E-state index contributed by atoms with van der Waals surface area (Å²) < 4.78 is 10.1. The van der Waals surface area contributed by atoms with Gasteiger partial charge in [0.15, 0.2) is 5.05 Å². The third kappa shape index (κ3) is 3.32. The largest absolute Gasteiger partial charge is 0.462 e. The average molecular weight is 224 g/mol. The van der Waals surface area contributed by atoms with Gasteiger partial charge in [-0.2, -0.15) is 0 Å². The highest BCUT2D eigenvalue weighted by Gasteiger charge is 2.13. The minimum Gasteiger partial charge on any atom is -0.462 e. The van der Waals surface area contributed by atoms with E-state index in [4.69, 9.17) is 21.7 Å². The molecular formula is C11H12O3S. The van der Waals surface area contributed by atoms with Gasteiger partial charge in [-0.3, -0.25) is 0 Å². The van der Waals surface area contributed by atoms with Crippen LogP contribution in [0.5, 0.6) is 5.75 Å². The van der Waals surface area contributed by atoms with Crippen molar-refractivity contribution in [1.82, 2.24) is 0 Å². The zero-order chi connectivity index (χ0) is 11.3. The molecule has 0 aliphatic heterocycles. The highest BCUT2D eigenvalue weighted by Crippen LogP contribution is 2.19. The van der Waals surface area contributed by atoms with E-state index in [2.05, 4.69) is 0 Å². The molecule has 0 aliphatic carbocycles. The van der Waals surface area contributed by atoms with Gasteiger partial charge in [0, 0.05) is 6.92 Å². The quantitative estimate of drug-likeness (QED) is 0.584. The summed E-state index contributed by atoms with van der Waals surface area (Å²) in [5, 5.41) is 0.367. The molecule has 0 unspecified atom stereocenters. The summed E-state index contributed by atoms with van der Waals surface area (Å²) in [6, 6.07) is 6.85. The normalized spacial score (nSPS) is 9.47. The standard InChI is InChI=1S/C11H12O3S/c1-3-13-11(12)9-6-4-5-7-10(9)14-8(2)15/h4-7H,3H2,1-2H3. The van der Waals surface area contributed by atoms with Gasteiger partial charge in [-0.25, -0.2) is 4.79 Å². The van der Waals surface area contributed by atoms with Crippen LogP contribution in [0.2, 0.25) is 0 Å². The van der Waals surface area contributed by atoms with Crippen molar-refractivity contribution < 1.29 is 14.3 Å². The minimum absolute atomic E-state index is 0.337. The molecule has 1 rings (SSSR count). The van der Waals surface area contributed by atoms with Gasteiger partial charge in [0.05, 0.1) is 6.61 Å². The molecule has 0 fully saturated rings. The van der Waals surface area contributed by atoms with Crippen LogP contribution in [0.3, 0.4) is 0 Å². The molecule has 0 saturated carbocycles. The highest BCUT2D eigenvalue weighted by molar-refractivity contribution is 7.80. The predicted octanol–water partition coefficient (Wildman–Crippen LogP) is 2.59. The predicted molar refractivity (Wildman–Crippen MR) is 61.3 cm³/mol. The fourth-order valence-electron chi connectivity index (χ4n) is 1.09. The third-order valence-electron chi connectivity index (χ3n) is 1.64. The molecule has 15 heavy (non-hydrogen) atoms. The van der Waals surface area contributed by atoms with Crippen LogP contribution in [-0.2, 0) is 4.74 Å². The second-order valence-corrected chi connectivity index (χ2v) is 3.39. The van der Waals surface area contributed by atoms with E-state index in [1.54, 1.807) is 38.1 Å². The molecule has 0 spiro atoms. The Balaban J connectivity index is 2.95. The Hall–Kier alpha value is -1.42. The van der Waals surface area contributed by atoms with Gasteiger partial charge >= 0.3 is 5.97 Å². The number of benzene rings is 1. The maximum Gasteiger partial charge on any atom is 0.341 e. The van der Waals surface area contributed by atoms with Crippen molar-refractivity contribution in [2.75, 3.05) is 6.61 Å². The van der Waals surface area contributed by atoms with Crippen LogP contribution in [0.4, 0.5) is 0 Å². The molecule has 4 heteroatoms. The summed E-state index contributed by atoms with van der Waals surface area (Å²) in [5.74, 6) is 0.0350. The Labute approximate surface area is 94.0 Å². The molecule has 0 saturated heterocycles. The minimum atomic E-state index is -0.399. The van der Waals surface area contributed by atoms with Crippen molar-refractivity contribution in [1.29, 1.82) is 0 Å². The molecule has 0 aromatic heterocycles. The van der Waals surface area contributed by atoms with Crippen LogP contribution < -0.4 is 4.74 Å². The van der Waals surface area contributed by atoms with Gasteiger partial charge in [-0.05, 0) is 31.3 Å². The lowest BCUT2D eigenvalue weighted by Gasteiger charge is -2.08. The fraction of sp³-hybridized carbons (Fsp3) is 0.273. The molecule has 0 radical (unpaired) electrons. The maximum atomic E-state index is 11.5. The molecule has 0 heterocycles. The van der Waals surface area contributed by atoms with Crippen molar-refractivity contribution in [2.24, 2.45) is 0 Å². The van der Waals surface area contributed by atoms with E-state index < -0.39 is 5.97 Å². The van der Waals surface area contributed by atoms with Crippen molar-refractivity contribution >= 4 is 23.2 Å². The lowest BCUT2D eigenvalue weighted by Crippen LogP contribution is -2.09. The first-order chi connectivity index (χ1) is 7.15. The lowest BCUT2D eigenvalue weighted by molar-refractivity contribution is 0.0524. The molecule has 0 amide bonds. The summed E-state index contributed by atoms with van der Waals surface area (Å²) >= 11 is 4.81. The van der Waals surface area contributed by atoms with Gasteiger partial charge in [0.1, 0.15) is 11.3 Å². The molecule has 3 nitrogen and oxygen atoms in total. The molecule has 1 aromatic carbocycles. The number of thiocarbonyl (C=S) groups is 1. The average Bonchev–Trinajstić information content (AvgIpc) is 2.18. The van der Waals surface area contributed by atoms with Crippen LogP contribution in [0.25, 0.3) is 0 Å². The number of carbonyl (C=O) groups is 1. The number of ether oxygens (including phenoxy) is 2. The number of rotatable bonds is 3. The van der Waals surface area contributed by atoms with Crippen molar-refractivity contribution in [3.8, 4) is 5.75 Å². The molecule has 0 aliphatic rings. The summed E-state index contributed by atoms with van der Waals surface area (Å²) in [4.78, 5) is 11.5. The number of hydrogen-bond acceptors (Lipinski definition) is 4. The van der Waals surface area contributed by atoms with E-state index in [1.165, 1.54) is 0 Å². The van der Waals surface area contributed by atoms with Crippen LogP contribution in [-0.4, -0.2) is 17.6 Å². The summed E-state index contributed by atoms with van der Waals surface area (Å²) in [6.45, 7) is 3.74. The molecule has 0 N–H and O–H groups in total. The summed E-state index contributed by atoms with van der Waals surface area (Å²) in [5.41, 5.74) is 0.392. The van der Waals surface area contributed by atoms with Crippen molar-refractivity contribution in [2.45, 2.75) is 13.8 Å². The van der Waals surface area contributed by atoms with Crippen LogP contribution in [0, 0.1) is 0 Å².